The zero-order valence-corrected chi connectivity index (χ0v) is 11.1. The lowest BCUT2D eigenvalue weighted by Crippen LogP contribution is -2.37. The molecule has 1 aromatic carbocycles. The van der Waals surface area contributed by atoms with Crippen molar-refractivity contribution in [3.63, 3.8) is 0 Å². The Kier molecular flexibility index (Phi) is 4.20. The van der Waals surface area contributed by atoms with Crippen LogP contribution in [0.2, 0.25) is 0 Å². The Hall–Kier alpha value is -2.55. The Morgan fingerprint density at radius 2 is 2.40 bits per heavy atom. The van der Waals surface area contributed by atoms with Crippen LogP contribution in [0.5, 0.6) is 0 Å². The maximum Gasteiger partial charge on any atom is 0.407 e. The number of anilines is 1. The molecule has 1 amide bonds. The van der Waals surface area contributed by atoms with Crippen LogP contribution >= 0.6 is 0 Å². The van der Waals surface area contributed by atoms with Crippen molar-refractivity contribution in [2.45, 2.75) is 12.5 Å². The summed E-state index contributed by atoms with van der Waals surface area (Å²) in [5, 5.41) is 11.9. The molecule has 1 saturated heterocycles. The molecule has 1 aliphatic heterocycles. The van der Waals surface area contributed by atoms with Crippen molar-refractivity contribution < 1.29 is 14.3 Å². The van der Waals surface area contributed by atoms with Gasteiger partial charge in [0.05, 0.1) is 24.4 Å². The zero-order chi connectivity index (χ0) is 14.5. The van der Waals surface area contributed by atoms with Gasteiger partial charge < -0.3 is 15.0 Å². The predicted molar refractivity (Wildman–Crippen MR) is 72.7 cm³/mol. The van der Waals surface area contributed by atoms with Crippen molar-refractivity contribution >= 4 is 18.1 Å². The summed E-state index contributed by atoms with van der Waals surface area (Å²) in [6.07, 6.45) is 1.06. The van der Waals surface area contributed by atoms with Gasteiger partial charge in [0.2, 0.25) is 0 Å². The van der Waals surface area contributed by atoms with Crippen molar-refractivity contribution in [1.82, 2.24) is 5.32 Å². The Labute approximate surface area is 116 Å². The van der Waals surface area contributed by atoms with E-state index in [0.29, 0.717) is 17.7 Å². The molecule has 0 aromatic heterocycles. The number of hydrogen-bond acceptors (Lipinski definition) is 5. The number of ether oxygens (including phenoxy) is 1. The largest absolute Gasteiger partial charge is 0.453 e. The molecule has 0 radical (unpaired) electrons. The van der Waals surface area contributed by atoms with Crippen LogP contribution in [-0.2, 0) is 4.74 Å². The lowest BCUT2D eigenvalue weighted by Gasteiger charge is -2.20. The number of nitrogens with zero attached hydrogens (tertiary/aromatic N) is 2. The fraction of sp³-hybridized carbons (Fsp3) is 0.357. The number of carbonyl (C=O) groups excluding carboxylic acids is 2. The van der Waals surface area contributed by atoms with E-state index >= 15 is 0 Å². The topological polar surface area (TPSA) is 82.4 Å². The molecule has 104 valence electrons. The van der Waals surface area contributed by atoms with E-state index < -0.39 is 6.09 Å². The van der Waals surface area contributed by atoms with Crippen LogP contribution in [0.3, 0.4) is 0 Å². The van der Waals surface area contributed by atoms with Gasteiger partial charge in [0, 0.05) is 18.7 Å². The van der Waals surface area contributed by atoms with E-state index in [4.69, 9.17) is 5.26 Å². The normalized spacial score (nSPS) is 17.4. The summed E-state index contributed by atoms with van der Waals surface area (Å²) in [7, 11) is 1.33. The first-order valence-corrected chi connectivity index (χ1v) is 6.26. The van der Waals surface area contributed by atoms with E-state index in [1.807, 2.05) is 4.90 Å². The van der Waals surface area contributed by atoms with Crippen molar-refractivity contribution in [1.29, 1.82) is 5.26 Å². The molecule has 1 aliphatic rings. The summed E-state index contributed by atoms with van der Waals surface area (Å²) in [6, 6.07) is 7.13. The predicted octanol–water partition coefficient (Wildman–Crippen LogP) is 1.31. The van der Waals surface area contributed by atoms with Crippen molar-refractivity contribution in [3.8, 4) is 6.07 Å². The minimum atomic E-state index is -0.450. The molecular formula is C14H15N3O3. The molecule has 1 aromatic rings. The third-order valence-corrected chi connectivity index (χ3v) is 3.31. The van der Waals surface area contributed by atoms with Gasteiger partial charge in [-0.05, 0) is 24.6 Å². The van der Waals surface area contributed by atoms with E-state index in [2.05, 4.69) is 16.1 Å². The fourth-order valence-corrected chi connectivity index (χ4v) is 2.31. The molecule has 1 atom stereocenters. The van der Waals surface area contributed by atoms with Gasteiger partial charge in [0.1, 0.15) is 12.4 Å². The minimum Gasteiger partial charge on any atom is -0.453 e. The quantitative estimate of drug-likeness (QED) is 0.839. The number of rotatable bonds is 3. The second-order valence-corrected chi connectivity index (χ2v) is 4.57. The first-order valence-electron chi connectivity index (χ1n) is 6.26. The maximum absolute atomic E-state index is 11.2. The summed E-state index contributed by atoms with van der Waals surface area (Å²) >= 11 is 0. The van der Waals surface area contributed by atoms with Crippen LogP contribution < -0.4 is 10.2 Å². The van der Waals surface area contributed by atoms with E-state index in [1.54, 1.807) is 18.2 Å². The third-order valence-electron chi connectivity index (χ3n) is 3.31. The second kappa shape index (κ2) is 6.06. The Balaban J connectivity index is 2.12. The summed E-state index contributed by atoms with van der Waals surface area (Å²) in [6.45, 7) is 1.36. The van der Waals surface area contributed by atoms with Gasteiger partial charge in [-0.2, -0.15) is 5.26 Å². The maximum atomic E-state index is 11.2. The second-order valence-electron chi connectivity index (χ2n) is 4.57. The van der Waals surface area contributed by atoms with Gasteiger partial charge >= 0.3 is 6.09 Å². The highest BCUT2D eigenvalue weighted by Crippen LogP contribution is 2.25. The van der Waals surface area contributed by atoms with Crippen LogP contribution in [0.15, 0.2) is 18.2 Å². The van der Waals surface area contributed by atoms with Crippen LogP contribution in [0.1, 0.15) is 22.3 Å². The summed E-state index contributed by atoms with van der Waals surface area (Å²) in [5.74, 6) is 0. The monoisotopic (exact) mass is 273 g/mol. The highest BCUT2D eigenvalue weighted by molar-refractivity contribution is 5.78. The van der Waals surface area contributed by atoms with Crippen molar-refractivity contribution in [2.24, 2.45) is 0 Å². The number of nitriles is 1. The number of benzene rings is 1. The molecule has 1 fully saturated rings. The lowest BCUT2D eigenvalue weighted by molar-refractivity contribution is 0.112. The van der Waals surface area contributed by atoms with E-state index in [-0.39, 0.29) is 6.04 Å². The average Bonchev–Trinajstić information content (AvgIpc) is 2.94. The number of hydrogen-bond donors (Lipinski definition) is 1. The number of methoxy groups -OCH3 is 1. The van der Waals surface area contributed by atoms with Crippen LogP contribution in [0, 0.1) is 11.3 Å². The number of nitrogens with one attached hydrogen (secondary N) is 1. The van der Waals surface area contributed by atoms with Gasteiger partial charge in [-0.25, -0.2) is 4.79 Å². The minimum absolute atomic E-state index is 0.000240. The van der Waals surface area contributed by atoms with Crippen LogP contribution in [0.25, 0.3) is 0 Å². The van der Waals surface area contributed by atoms with Crippen LogP contribution in [-0.4, -0.2) is 38.6 Å². The third kappa shape index (κ3) is 2.88. The summed E-state index contributed by atoms with van der Waals surface area (Å²) < 4.78 is 4.57. The number of carbonyl (C=O) groups is 2. The van der Waals surface area contributed by atoms with Gasteiger partial charge in [-0.15, -0.1) is 0 Å². The molecule has 1 heterocycles. The molecule has 0 bridgehead atoms. The molecule has 0 aliphatic carbocycles. The van der Waals surface area contributed by atoms with Gasteiger partial charge in [0.25, 0.3) is 0 Å². The highest BCUT2D eigenvalue weighted by atomic mass is 16.5. The molecule has 20 heavy (non-hydrogen) atoms. The van der Waals surface area contributed by atoms with E-state index in [1.165, 1.54) is 7.11 Å². The van der Waals surface area contributed by atoms with Crippen molar-refractivity contribution in [2.75, 3.05) is 25.1 Å². The molecule has 0 spiro atoms. The first-order chi connectivity index (χ1) is 9.67. The molecule has 6 nitrogen and oxygen atoms in total. The van der Waals surface area contributed by atoms with E-state index in [9.17, 15) is 9.59 Å². The molecule has 6 heteroatoms. The Morgan fingerprint density at radius 3 is 3.05 bits per heavy atom. The number of amides is 1. The number of aldehydes is 1. The average molecular weight is 273 g/mol. The Bertz CT molecular complexity index is 565. The van der Waals surface area contributed by atoms with Crippen LogP contribution in [0.4, 0.5) is 10.5 Å². The molecule has 0 saturated carbocycles. The van der Waals surface area contributed by atoms with Gasteiger partial charge in [-0.1, -0.05) is 0 Å². The standard InChI is InChI=1S/C14H15N3O3/c1-20-14(19)16-12-4-5-17(8-12)13-3-2-10(9-18)6-11(13)7-15/h2-3,6,9,12H,4-5,8H2,1H3,(H,16,19). The van der Waals surface area contributed by atoms with E-state index in [0.717, 1.165) is 24.9 Å². The fourth-order valence-electron chi connectivity index (χ4n) is 2.31. The van der Waals surface area contributed by atoms with Crippen molar-refractivity contribution in [3.05, 3.63) is 29.3 Å². The molecule has 1 N–H and O–H groups in total. The molecule has 1 unspecified atom stereocenters. The highest BCUT2D eigenvalue weighted by Gasteiger charge is 2.25. The molecular weight excluding hydrogens is 258 g/mol. The summed E-state index contributed by atoms with van der Waals surface area (Å²) in [5.41, 5.74) is 1.73. The van der Waals surface area contributed by atoms with Gasteiger partial charge in [0.15, 0.2) is 0 Å². The molecule has 2 rings (SSSR count). The zero-order valence-electron chi connectivity index (χ0n) is 11.1. The lowest BCUT2D eigenvalue weighted by atomic mass is 10.1. The first kappa shape index (κ1) is 13.9. The SMILES string of the molecule is COC(=O)NC1CCN(c2ccc(C=O)cc2C#N)C1. The smallest absolute Gasteiger partial charge is 0.407 e. The Morgan fingerprint density at radius 1 is 1.60 bits per heavy atom. The number of alkyl carbamates (subject to hydrolysis) is 1. The summed E-state index contributed by atoms with van der Waals surface area (Å²) in [4.78, 5) is 23.9. The van der Waals surface area contributed by atoms with Gasteiger partial charge in [-0.3, -0.25) is 4.79 Å².